The monoisotopic (exact) mass is 304 g/mol. The van der Waals surface area contributed by atoms with Gasteiger partial charge in [-0.2, -0.15) is 0 Å². The molecule has 0 saturated heterocycles. The first-order valence-electron chi connectivity index (χ1n) is 6.11. The zero-order valence-electron chi connectivity index (χ0n) is 11.2. The van der Waals surface area contributed by atoms with E-state index in [4.69, 9.17) is 17.0 Å². The van der Waals surface area contributed by atoms with E-state index < -0.39 is 11.7 Å². The third kappa shape index (κ3) is 4.00. The summed E-state index contributed by atoms with van der Waals surface area (Å²) in [6, 6.07) is 12.8. The Balaban J connectivity index is 2.01. The van der Waals surface area contributed by atoms with Gasteiger partial charge in [-0.3, -0.25) is 10.1 Å². The maximum atomic E-state index is 13.5. The third-order valence-corrected chi connectivity index (χ3v) is 2.88. The van der Waals surface area contributed by atoms with Crippen molar-refractivity contribution >= 4 is 28.9 Å². The number of carbonyl (C=O) groups excluding carboxylic acids is 1. The number of anilines is 1. The highest BCUT2D eigenvalue weighted by Crippen LogP contribution is 2.16. The minimum atomic E-state index is -0.603. The number of methoxy groups -OCH3 is 1. The molecule has 21 heavy (non-hydrogen) atoms. The number of thiocarbonyl (C=S) groups is 1. The van der Waals surface area contributed by atoms with Crippen LogP contribution in [0.5, 0.6) is 5.75 Å². The number of amides is 1. The summed E-state index contributed by atoms with van der Waals surface area (Å²) in [4.78, 5) is 11.9. The molecule has 2 N–H and O–H groups in total. The first kappa shape index (κ1) is 14.9. The number of benzene rings is 2. The molecule has 0 fully saturated rings. The van der Waals surface area contributed by atoms with E-state index in [1.807, 2.05) is 0 Å². The highest BCUT2D eigenvalue weighted by Gasteiger charge is 2.12. The zero-order chi connectivity index (χ0) is 15.2. The van der Waals surface area contributed by atoms with E-state index in [0.29, 0.717) is 11.4 Å². The minimum Gasteiger partial charge on any atom is -0.497 e. The Labute approximate surface area is 126 Å². The van der Waals surface area contributed by atoms with Gasteiger partial charge in [0, 0.05) is 11.8 Å². The molecule has 0 spiro atoms. The van der Waals surface area contributed by atoms with Crippen LogP contribution in [0.4, 0.5) is 10.1 Å². The lowest BCUT2D eigenvalue weighted by Crippen LogP contribution is -2.34. The fraction of sp³-hybridized carbons (Fsp3) is 0.0667. The number of halogens is 1. The van der Waals surface area contributed by atoms with Crippen LogP contribution >= 0.6 is 12.2 Å². The van der Waals surface area contributed by atoms with Gasteiger partial charge in [-0.25, -0.2) is 4.39 Å². The van der Waals surface area contributed by atoms with Crippen molar-refractivity contribution in [2.24, 2.45) is 0 Å². The van der Waals surface area contributed by atoms with Crippen LogP contribution in [-0.4, -0.2) is 18.1 Å². The Hall–Kier alpha value is -2.47. The van der Waals surface area contributed by atoms with Crippen molar-refractivity contribution in [1.29, 1.82) is 0 Å². The highest BCUT2D eigenvalue weighted by molar-refractivity contribution is 7.80. The number of nitrogens with one attached hydrogen (secondary N) is 2. The van der Waals surface area contributed by atoms with E-state index in [1.54, 1.807) is 37.4 Å². The third-order valence-electron chi connectivity index (χ3n) is 2.67. The average molecular weight is 304 g/mol. The summed E-state index contributed by atoms with van der Waals surface area (Å²) >= 11 is 5.03. The summed E-state index contributed by atoms with van der Waals surface area (Å²) in [6.07, 6.45) is 0. The zero-order valence-corrected chi connectivity index (χ0v) is 12.0. The van der Waals surface area contributed by atoms with E-state index in [0.717, 1.165) is 0 Å². The van der Waals surface area contributed by atoms with E-state index >= 15 is 0 Å². The maximum absolute atomic E-state index is 13.5. The van der Waals surface area contributed by atoms with Crippen LogP contribution < -0.4 is 15.4 Å². The van der Waals surface area contributed by atoms with Gasteiger partial charge in [0.05, 0.1) is 12.7 Å². The van der Waals surface area contributed by atoms with Crippen LogP contribution in [0, 0.1) is 5.82 Å². The fourth-order valence-corrected chi connectivity index (χ4v) is 1.89. The van der Waals surface area contributed by atoms with E-state index in [2.05, 4.69) is 10.6 Å². The van der Waals surface area contributed by atoms with Gasteiger partial charge in [-0.15, -0.1) is 0 Å². The van der Waals surface area contributed by atoms with Crippen LogP contribution in [0.3, 0.4) is 0 Å². The quantitative estimate of drug-likeness (QED) is 0.856. The van der Waals surface area contributed by atoms with Crippen LogP contribution in [-0.2, 0) is 0 Å². The van der Waals surface area contributed by atoms with Gasteiger partial charge in [0.2, 0.25) is 0 Å². The Morgan fingerprint density at radius 3 is 2.67 bits per heavy atom. The van der Waals surface area contributed by atoms with Crippen molar-refractivity contribution in [3.05, 3.63) is 59.9 Å². The lowest BCUT2D eigenvalue weighted by molar-refractivity contribution is 0.0974. The Kier molecular flexibility index (Phi) is 4.84. The number of hydrogen-bond donors (Lipinski definition) is 2. The summed E-state index contributed by atoms with van der Waals surface area (Å²) < 4.78 is 18.6. The summed E-state index contributed by atoms with van der Waals surface area (Å²) in [5, 5.41) is 5.34. The molecule has 4 nitrogen and oxygen atoms in total. The predicted molar refractivity (Wildman–Crippen MR) is 83.1 cm³/mol. The highest BCUT2D eigenvalue weighted by atomic mass is 32.1. The second-order valence-electron chi connectivity index (χ2n) is 4.12. The number of carbonyl (C=O) groups is 1. The molecule has 0 aliphatic carbocycles. The molecule has 6 heteroatoms. The van der Waals surface area contributed by atoms with Crippen molar-refractivity contribution < 1.29 is 13.9 Å². The molecule has 0 radical (unpaired) electrons. The fourth-order valence-electron chi connectivity index (χ4n) is 1.68. The number of hydrogen-bond acceptors (Lipinski definition) is 3. The molecule has 0 unspecified atom stereocenters. The lowest BCUT2D eigenvalue weighted by atomic mass is 10.2. The molecular formula is C15H13FN2O2S. The Morgan fingerprint density at radius 1 is 1.19 bits per heavy atom. The summed E-state index contributed by atoms with van der Waals surface area (Å²) in [5.74, 6) is -0.545. The molecule has 2 aromatic carbocycles. The molecule has 0 aliphatic heterocycles. The van der Waals surface area contributed by atoms with Gasteiger partial charge < -0.3 is 10.1 Å². The van der Waals surface area contributed by atoms with E-state index in [9.17, 15) is 9.18 Å². The summed E-state index contributed by atoms with van der Waals surface area (Å²) in [5.41, 5.74) is 0.598. The summed E-state index contributed by atoms with van der Waals surface area (Å²) in [6.45, 7) is 0. The van der Waals surface area contributed by atoms with Gasteiger partial charge in [0.1, 0.15) is 11.6 Å². The second-order valence-corrected chi connectivity index (χ2v) is 4.53. The first-order valence-corrected chi connectivity index (χ1v) is 6.52. The maximum Gasteiger partial charge on any atom is 0.260 e. The molecular weight excluding hydrogens is 291 g/mol. The molecule has 0 aromatic heterocycles. The normalized spacial score (nSPS) is 9.81. The van der Waals surface area contributed by atoms with Gasteiger partial charge in [-0.05, 0) is 36.5 Å². The van der Waals surface area contributed by atoms with Crippen molar-refractivity contribution in [2.75, 3.05) is 12.4 Å². The first-order chi connectivity index (χ1) is 10.1. The number of ether oxygens (including phenoxy) is 1. The second kappa shape index (κ2) is 6.81. The van der Waals surface area contributed by atoms with Crippen LogP contribution in [0.25, 0.3) is 0 Å². The Bertz CT molecular complexity index is 676. The molecule has 0 bridgehead atoms. The lowest BCUT2D eigenvalue weighted by Gasteiger charge is -2.10. The molecule has 0 aliphatic rings. The molecule has 108 valence electrons. The average Bonchev–Trinajstić information content (AvgIpc) is 2.47. The van der Waals surface area contributed by atoms with Crippen molar-refractivity contribution in [3.63, 3.8) is 0 Å². The van der Waals surface area contributed by atoms with Gasteiger partial charge in [0.25, 0.3) is 5.91 Å². The standard InChI is InChI=1S/C15H13FN2O2S/c1-20-11-6-4-5-10(9-11)17-15(21)18-14(19)12-7-2-3-8-13(12)16/h2-9H,1H3,(H2,17,18,19,21). The SMILES string of the molecule is COc1cccc(NC(=S)NC(=O)c2ccccc2F)c1. The molecule has 1 amide bonds. The van der Waals surface area contributed by atoms with Crippen molar-refractivity contribution in [1.82, 2.24) is 5.32 Å². The van der Waals surface area contributed by atoms with E-state index in [-0.39, 0.29) is 10.7 Å². The van der Waals surface area contributed by atoms with Crippen molar-refractivity contribution in [2.45, 2.75) is 0 Å². The van der Waals surface area contributed by atoms with Gasteiger partial charge in [0.15, 0.2) is 5.11 Å². The summed E-state index contributed by atoms with van der Waals surface area (Å²) in [7, 11) is 1.55. The number of rotatable bonds is 3. The van der Waals surface area contributed by atoms with Gasteiger partial charge >= 0.3 is 0 Å². The molecule has 0 atom stereocenters. The van der Waals surface area contributed by atoms with Crippen molar-refractivity contribution in [3.8, 4) is 5.75 Å². The van der Waals surface area contributed by atoms with Crippen LogP contribution in [0.15, 0.2) is 48.5 Å². The van der Waals surface area contributed by atoms with Gasteiger partial charge in [-0.1, -0.05) is 18.2 Å². The predicted octanol–water partition coefficient (Wildman–Crippen LogP) is 2.96. The van der Waals surface area contributed by atoms with E-state index in [1.165, 1.54) is 18.2 Å². The largest absolute Gasteiger partial charge is 0.497 e. The molecule has 2 aromatic rings. The topological polar surface area (TPSA) is 50.4 Å². The molecule has 0 saturated carbocycles. The molecule has 0 heterocycles. The minimum absolute atomic E-state index is 0.0627. The smallest absolute Gasteiger partial charge is 0.260 e. The van der Waals surface area contributed by atoms with Crippen LogP contribution in [0.2, 0.25) is 0 Å². The molecule has 2 rings (SSSR count). The van der Waals surface area contributed by atoms with Crippen LogP contribution in [0.1, 0.15) is 10.4 Å². The Morgan fingerprint density at radius 2 is 1.95 bits per heavy atom.